The van der Waals surface area contributed by atoms with Crippen molar-refractivity contribution in [2.24, 2.45) is 4.99 Å². The zero-order valence-electron chi connectivity index (χ0n) is 18.0. The van der Waals surface area contributed by atoms with E-state index in [0.717, 1.165) is 5.56 Å². The average Bonchev–Trinajstić information content (AvgIpc) is 3.31. The van der Waals surface area contributed by atoms with Gasteiger partial charge in [0.1, 0.15) is 11.3 Å². The zero-order chi connectivity index (χ0) is 22.8. The fraction of sp³-hybridized carbons (Fsp3) is 0.261. The quantitative estimate of drug-likeness (QED) is 0.547. The van der Waals surface area contributed by atoms with E-state index in [1.807, 2.05) is 43.3 Å². The normalized spacial score (nSPS) is 18.8. The number of hydroxylamine groups is 1. The molecule has 32 heavy (non-hydrogen) atoms. The van der Waals surface area contributed by atoms with Crippen molar-refractivity contribution in [3.8, 4) is 11.5 Å². The van der Waals surface area contributed by atoms with Crippen molar-refractivity contribution < 1.29 is 14.7 Å². The van der Waals surface area contributed by atoms with Gasteiger partial charge in [-0.3, -0.25) is 9.78 Å². The van der Waals surface area contributed by atoms with Gasteiger partial charge in [0.05, 0.1) is 11.6 Å². The number of nitrogens with zero attached hydrogens (tertiary/aromatic N) is 4. The molecule has 1 aliphatic rings. The Morgan fingerprint density at radius 2 is 1.94 bits per heavy atom. The SMILES string of the molecule is C[C@H](NC(=O)c1cnc(-c2ccccn2)nc1)c1cccc(C2(C(C)(C)O)N=CON2)c1. The van der Waals surface area contributed by atoms with E-state index >= 15 is 0 Å². The predicted octanol–water partition coefficient (Wildman–Crippen LogP) is 2.52. The van der Waals surface area contributed by atoms with E-state index in [-0.39, 0.29) is 11.9 Å². The minimum absolute atomic E-state index is 0.298. The number of rotatable bonds is 6. The van der Waals surface area contributed by atoms with Gasteiger partial charge < -0.3 is 15.3 Å². The summed E-state index contributed by atoms with van der Waals surface area (Å²) in [5.41, 5.74) is 2.94. The lowest BCUT2D eigenvalue weighted by Gasteiger charge is -2.36. The number of benzene rings is 1. The molecule has 3 heterocycles. The molecule has 2 atom stereocenters. The lowest BCUT2D eigenvalue weighted by molar-refractivity contribution is -0.0577. The highest BCUT2D eigenvalue weighted by Gasteiger charge is 2.48. The Kier molecular flexibility index (Phi) is 5.68. The van der Waals surface area contributed by atoms with Gasteiger partial charge in [0.25, 0.3) is 5.91 Å². The summed E-state index contributed by atoms with van der Waals surface area (Å²) in [7, 11) is 0. The molecule has 164 valence electrons. The van der Waals surface area contributed by atoms with Crippen molar-refractivity contribution in [3.63, 3.8) is 0 Å². The van der Waals surface area contributed by atoms with Gasteiger partial charge in [-0.25, -0.2) is 15.0 Å². The largest absolute Gasteiger partial charge is 0.394 e. The molecule has 0 saturated heterocycles. The molecule has 3 N–H and O–H groups in total. The van der Waals surface area contributed by atoms with Crippen LogP contribution < -0.4 is 10.8 Å². The van der Waals surface area contributed by atoms with E-state index < -0.39 is 11.3 Å². The van der Waals surface area contributed by atoms with Crippen molar-refractivity contribution in [2.75, 3.05) is 0 Å². The molecule has 1 amide bonds. The lowest BCUT2D eigenvalue weighted by Crippen LogP contribution is -2.53. The van der Waals surface area contributed by atoms with Crippen LogP contribution in [0.4, 0.5) is 0 Å². The number of nitrogens with one attached hydrogen (secondary N) is 2. The fourth-order valence-corrected chi connectivity index (χ4v) is 3.48. The molecule has 4 rings (SSSR count). The molecular formula is C23H24N6O3. The van der Waals surface area contributed by atoms with Crippen LogP contribution >= 0.6 is 0 Å². The molecule has 0 spiro atoms. The number of pyridine rings is 1. The van der Waals surface area contributed by atoms with Crippen LogP contribution in [-0.2, 0) is 10.5 Å². The number of hydrogen-bond donors (Lipinski definition) is 3. The van der Waals surface area contributed by atoms with Gasteiger partial charge >= 0.3 is 0 Å². The van der Waals surface area contributed by atoms with Gasteiger partial charge in [-0.15, -0.1) is 5.48 Å². The Bertz CT molecular complexity index is 1130. The van der Waals surface area contributed by atoms with Gasteiger partial charge in [0.15, 0.2) is 17.9 Å². The molecule has 3 aromatic rings. The number of aromatic nitrogens is 3. The Hall–Kier alpha value is -3.69. The molecule has 0 radical (unpaired) electrons. The van der Waals surface area contributed by atoms with Crippen molar-refractivity contribution >= 4 is 12.3 Å². The predicted molar refractivity (Wildman–Crippen MR) is 118 cm³/mol. The minimum atomic E-state index is -1.24. The van der Waals surface area contributed by atoms with E-state index in [1.54, 1.807) is 26.1 Å². The van der Waals surface area contributed by atoms with Crippen LogP contribution in [0.2, 0.25) is 0 Å². The molecular weight excluding hydrogens is 408 g/mol. The second-order valence-corrected chi connectivity index (χ2v) is 8.05. The van der Waals surface area contributed by atoms with E-state index in [0.29, 0.717) is 22.6 Å². The van der Waals surface area contributed by atoms with Crippen LogP contribution in [0.15, 0.2) is 66.0 Å². The molecule has 0 fully saturated rings. The Balaban J connectivity index is 1.51. The van der Waals surface area contributed by atoms with E-state index in [4.69, 9.17) is 4.84 Å². The van der Waals surface area contributed by atoms with Crippen LogP contribution in [0.25, 0.3) is 11.5 Å². The van der Waals surface area contributed by atoms with Crippen LogP contribution in [0.3, 0.4) is 0 Å². The molecule has 1 aromatic carbocycles. The Morgan fingerprint density at radius 1 is 1.16 bits per heavy atom. The van der Waals surface area contributed by atoms with E-state index in [1.165, 1.54) is 18.8 Å². The molecule has 1 unspecified atom stereocenters. The van der Waals surface area contributed by atoms with Crippen LogP contribution in [-0.4, -0.2) is 38.0 Å². The summed E-state index contributed by atoms with van der Waals surface area (Å²) in [4.78, 5) is 34.9. The summed E-state index contributed by atoms with van der Waals surface area (Å²) in [6.07, 6.45) is 5.89. The topological polar surface area (TPSA) is 122 Å². The van der Waals surface area contributed by atoms with Crippen molar-refractivity contribution in [3.05, 3.63) is 77.7 Å². The molecule has 2 aromatic heterocycles. The van der Waals surface area contributed by atoms with Crippen LogP contribution in [0.1, 0.15) is 48.3 Å². The third-order valence-corrected chi connectivity index (χ3v) is 5.35. The van der Waals surface area contributed by atoms with Crippen molar-refractivity contribution in [1.82, 2.24) is 25.7 Å². The first-order chi connectivity index (χ1) is 15.3. The van der Waals surface area contributed by atoms with E-state index in [2.05, 4.69) is 30.7 Å². The van der Waals surface area contributed by atoms with Gasteiger partial charge in [0.2, 0.25) is 0 Å². The fourth-order valence-electron chi connectivity index (χ4n) is 3.48. The zero-order valence-corrected chi connectivity index (χ0v) is 18.0. The summed E-state index contributed by atoms with van der Waals surface area (Å²) in [5.74, 6) is 0.152. The molecule has 1 aliphatic heterocycles. The first kappa shape index (κ1) is 21.5. The van der Waals surface area contributed by atoms with Crippen LogP contribution in [0, 0.1) is 0 Å². The van der Waals surface area contributed by atoms with Crippen molar-refractivity contribution in [2.45, 2.75) is 38.1 Å². The Labute approximate surface area is 185 Å². The maximum absolute atomic E-state index is 12.7. The third kappa shape index (κ3) is 4.08. The summed E-state index contributed by atoms with van der Waals surface area (Å²) in [6.45, 7) is 5.18. The van der Waals surface area contributed by atoms with Crippen molar-refractivity contribution in [1.29, 1.82) is 0 Å². The monoisotopic (exact) mass is 432 g/mol. The van der Waals surface area contributed by atoms with Gasteiger partial charge in [-0.2, -0.15) is 0 Å². The number of aliphatic hydroxyl groups is 1. The minimum Gasteiger partial charge on any atom is -0.394 e. The highest BCUT2D eigenvalue weighted by atomic mass is 16.7. The molecule has 0 aliphatic carbocycles. The maximum atomic E-state index is 12.7. The second kappa shape index (κ2) is 8.45. The van der Waals surface area contributed by atoms with Crippen LogP contribution in [0.5, 0.6) is 0 Å². The third-order valence-electron chi connectivity index (χ3n) is 5.35. The maximum Gasteiger partial charge on any atom is 0.254 e. The Morgan fingerprint density at radius 3 is 2.56 bits per heavy atom. The molecule has 9 nitrogen and oxygen atoms in total. The van der Waals surface area contributed by atoms with E-state index in [9.17, 15) is 9.90 Å². The number of aliphatic imine (C=N–C) groups is 1. The standard InChI is InChI=1S/C23H24N6O3/c1-15(16-7-6-8-18(11-16)23(22(2,3)31)27-14-32-29-23)28-21(30)17-12-25-20(26-13-17)19-9-4-5-10-24-19/h4-15,29,31H,1-3H3,(H,28,30)/t15-,23?/m0/s1. The smallest absolute Gasteiger partial charge is 0.254 e. The number of carbonyl (C=O) groups excluding carboxylic acids is 1. The number of amides is 1. The molecule has 0 bridgehead atoms. The first-order valence-corrected chi connectivity index (χ1v) is 10.1. The van der Waals surface area contributed by atoms with Gasteiger partial charge in [0, 0.05) is 24.2 Å². The van der Waals surface area contributed by atoms with Gasteiger partial charge in [-0.05, 0) is 44.5 Å². The second-order valence-electron chi connectivity index (χ2n) is 8.05. The first-order valence-electron chi connectivity index (χ1n) is 10.1. The van der Waals surface area contributed by atoms with Gasteiger partial charge in [-0.1, -0.05) is 24.3 Å². The molecule has 9 heteroatoms. The summed E-state index contributed by atoms with van der Waals surface area (Å²) in [5, 5.41) is 13.7. The average molecular weight is 432 g/mol. The summed E-state index contributed by atoms with van der Waals surface area (Å²) >= 11 is 0. The summed E-state index contributed by atoms with van der Waals surface area (Å²) in [6, 6.07) is 12.6. The number of carbonyl (C=O) groups is 1. The number of hydrogen-bond acceptors (Lipinski definition) is 8. The highest BCUT2D eigenvalue weighted by Crippen LogP contribution is 2.37. The highest BCUT2D eigenvalue weighted by molar-refractivity contribution is 5.94. The summed E-state index contributed by atoms with van der Waals surface area (Å²) < 4.78 is 0. The molecule has 0 saturated carbocycles. The lowest BCUT2D eigenvalue weighted by atomic mass is 9.84.